The summed E-state index contributed by atoms with van der Waals surface area (Å²) in [5.74, 6) is -2.62. The molecule has 0 saturated carbocycles. The number of nitro groups is 1. The molecule has 194 valence electrons. The Kier molecular flexibility index (Phi) is 7.25. The Morgan fingerprint density at radius 3 is 2.64 bits per heavy atom. The number of allylic oxidation sites excluding steroid dienone is 2. The standard InChI is InChI=1S/C24H28N2O10/c1-12-17(21(28)24(30)11-36-20-16(27)10-35-22(20)24)19(14-5-4-6-15(9-14)26(31)32)18(13(2)25-12)23(29)34-8-7-33-3/h4-6,9,16,19-20,22,25,27,30H,7-8,10-11H2,1-3H3/t16-,19?,20+,22-,24-/m0/s1. The second-order valence-corrected chi connectivity index (χ2v) is 8.97. The van der Waals surface area contributed by atoms with Gasteiger partial charge in [0, 0.05) is 42.1 Å². The van der Waals surface area contributed by atoms with Crippen molar-refractivity contribution in [1.29, 1.82) is 0 Å². The van der Waals surface area contributed by atoms with Crippen molar-refractivity contribution < 1.29 is 43.7 Å². The summed E-state index contributed by atoms with van der Waals surface area (Å²) in [7, 11) is 1.45. The van der Waals surface area contributed by atoms with Gasteiger partial charge in [-0.25, -0.2) is 4.79 Å². The molecular weight excluding hydrogens is 476 g/mol. The summed E-state index contributed by atoms with van der Waals surface area (Å²) in [6.45, 7) is 2.80. The fourth-order valence-corrected chi connectivity index (χ4v) is 4.95. The minimum Gasteiger partial charge on any atom is -0.460 e. The number of carbonyl (C=O) groups excluding carboxylic acids is 2. The maximum Gasteiger partial charge on any atom is 0.336 e. The monoisotopic (exact) mass is 504 g/mol. The van der Waals surface area contributed by atoms with E-state index >= 15 is 0 Å². The van der Waals surface area contributed by atoms with Crippen LogP contribution in [0.4, 0.5) is 5.69 Å². The number of nitrogens with zero attached hydrogens (tertiary/aromatic N) is 1. The third kappa shape index (κ3) is 4.42. The van der Waals surface area contributed by atoms with Crippen molar-refractivity contribution in [2.45, 2.75) is 43.7 Å². The van der Waals surface area contributed by atoms with E-state index in [-0.39, 0.29) is 42.2 Å². The minimum absolute atomic E-state index is 0.0107. The zero-order valence-corrected chi connectivity index (χ0v) is 20.1. The number of aliphatic hydroxyl groups excluding tert-OH is 1. The summed E-state index contributed by atoms with van der Waals surface area (Å²) in [5, 5.41) is 36.1. The average Bonchev–Trinajstić information content (AvgIpc) is 3.39. The van der Waals surface area contributed by atoms with Crippen LogP contribution in [0.5, 0.6) is 0 Å². The molecule has 0 bridgehead atoms. The second-order valence-electron chi connectivity index (χ2n) is 8.97. The van der Waals surface area contributed by atoms with Crippen LogP contribution in [-0.2, 0) is 28.5 Å². The molecule has 5 atom stereocenters. The van der Waals surface area contributed by atoms with E-state index in [1.165, 1.54) is 25.3 Å². The third-order valence-electron chi connectivity index (χ3n) is 6.64. The maximum absolute atomic E-state index is 14.0. The van der Waals surface area contributed by atoms with E-state index in [2.05, 4.69) is 5.32 Å². The molecule has 2 saturated heterocycles. The number of Topliss-reactive ketones (excluding diaryl/α,β-unsaturated/α-hetero) is 1. The molecule has 0 spiro atoms. The summed E-state index contributed by atoms with van der Waals surface area (Å²) in [6.07, 6.45) is -3.00. The van der Waals surface area contributed by atoms with E-state index < -0.39 is 53.1 Å². The normalized spacial score (nSPS) is 29.7. The molecular formula is C24H28N2O10. The first-order valence-corrected chi connectivity index (χ1v) is 11.4. The van der Waals surface area contributed by atoms with E-state index in [1.54, 1.807) is 19.9 Å². The topological polar surface area (TPSA) is 167 Å². The summed E-state index contributed by atoms with van der Waals surface area (Å²) in [4.78, 5) is 38.1. The lowest BCUT2D eigenvalue weighted by Gasteiger charge is -2.35. The van der Waals surface area contributed by atoms with Crippen LogP contribution in [0.15, 0.2) is 46.8 Å². The van der Waals surface area contributed by atoms with E-state index in [0.29, 0.717) is 11.4 Å². The number of hydrogen-bond donors (Lipinski definition) is 3. The number of fused-ring (bicyclic) bond motifs is 1. The molecule has 0 aliphatic carbocycles. The van der Waals surface area contributed by atoms with Crippen molar-refractivity contribution in [2.75, 3.05) is 33.5 Å². The van der Waals surface area contributed by atoms with Crippen LogP contribution in [0.3, 0.4) is 0 Å². The van der Waals surface area contributed by atoms with E-state index in [0.717, 1.165) is 0 Å². The van der Waals surface area contributed by atoms with Crippen LogP contribution in [-0.4, -0.2) is 84.3 Å². The summed E-state index contributed by atoms with van der Waals surface area (Å²) in [5.41, 5.74) is -1.27. The maximum atomic E-state index is 14.0. The van der Waals surface area contributed by atoms with Gasteiger partial charge in [-0.15, -0.1) is 0 Å². The first kappa shape index (κ1) is 25.9. The minimum atomic E-state index is -2.14. The number of ketones is 1. The van der Waals surface area contributed by atoms with Gasteiger partial charge < -0.3 is 34.5 Å². The predicted molar refractivity (Wildman–Crippen MR) is 123 cm³/mol. The number of nitrogens with one attached hydrogen (secondary N) is 1. The Labute approximate surface area is 206 Å². The van der Waals surface area contributed by atoms with Gasteiger partial charge in [0.25, 0.3) is 5.69 Å². The van der Waals surface area contributed by atoms with E-state index in [1.807, 2.05) is 0 Å². The number of hydrogen-bond acceptors (Lipinski definition) is 11. The highest BCUT2D eigenvalue weighted by Gasteiger charge is 2.61. The van der Waals surface area contributed by atoms with E-state index in [9.17, 15) is 29.9 Å². The Balaban J connectivity index is 1.81. The predicted octanol–water partition coefficient (Wildman–Crippen LogP) is 0.478. The fourth-order valence-electron chi connectivity index (χ4n) is 4.95. The lowest BCUT2D eigenvalue weighted by molar-refractivity contribution is -0.384. The number of ether oxygens (including phenoxy) is 4. The third-order valence-corrected chi connectivity index (χ3v) is 6.64. The number of rotatable bonds is 8. The van der Waals surface area contributed by atoms with Crippen LogP contribution >= 0.6 is 0 Å². The first-order valence-electron chi connectivity index (χ1n) is 11.4. The fraction of sp³-hybridized carbons (Fsp3) is 0.500. The van der Waals surface area contributed by atoms with Crippen molar-refractivity contribution >= 4 is 17.4 Å². The van der Waals surface area contributed by atoms with Crippen molar-refractivity contribution in [2.24, 2.45) is 0 Å². The molecule has 0 radical (unpaired) electrons. The molecule has 1 aromatic rings. The number of non-ortho nitro benzene ring substituents is 1. The second kappa shape index (κ2) is 10.1. The van der Waals surface area contributed by atoms with Crippen LogP contribution < -0.4 is 5.32 Å². The zero-order valence-electron chi connectivity index (χ0n) is 20.1. The molecule has 12 heteroatoms. The Morgan fingerprint density at radius 2 is 1.94 bits per heavy atom. The molecule has 4 rings (SSSR count). The number of esters is 1. The van der Waals surface area contributed by atoms with Gasteiger partial charge in [0.05, 0.1) is 30.3 Å². The van der Waals surface area contributed by atoms with Gasteiger partial charge in [0.2, 0.25) is 0 Å². The molecule has 3 N–H and O–H groups in total. The van der Waals surface area contributed by atoms with Crippen LogP contribution in [0.2, 0.25) is 0 Å². The zero-order chi connectivity index (χ0) is 26.2. The van der Waals surface area contributed by atoms with Gasteiger partial charge in [-0.05, 0) is 19.4 Å². The van der Waals surface area contributed by atoms with Crippen molar-refractivity contribution in [3.05, 3.63) is 62.5 Å². The molecule has 0 aromatic heterocycles. The summed E-state index contributed by atoms with van der Waals surface area (Å²) < 4.78 is 21.3. The van der Waals surface area contributed by atoms with Crippen LogP contribution in [0, 0.1) is 10.1 Å². The Morgan fingerprint density at radius 1 is 1.22 bits per heavy atom. The molecule has 3 aliphatic rings. The summed E-state index contributed by atoms with van der Waals surface area (Å²) >= 11 is 0. The van der Waals surface area contributed by atoms with Crippen LogP contribution in [0.25, 0.3) is 0 Å². The van der Waals surface area contributed by atoms with Gasteiger partial charge in [-0.1, -0.05) is 12.1 Å². The molecule has 0 amide bonds. The SMILES string of the molecule is COCCOC(=O)C1=C(C)NC(C)=C(C(=O)[C@@]2(O)CO[C@@H]3[C@@H](O)CO[C@@H]32)C1c1cccc([N+](=O)[O-])c1. The van der Waals surface area contributed by atoms with Gasteiger partial charge in [0.1, 0.15) is 24.9 Å². The van der Waals surface area contributed by atoms with Gasteiger partial charge in [-0.3, -0.25) is 14.9 Å². The van der Waals surface area contributed by atoms with Gasteiger partial charge in [-0.2, -0.15) is 0 Å². The Bertz CT molecular complexity index is 1150. The molecule has 1 aromatic carbocycles. The van der Waals surface area contributed by atoms with E-state index in [4.69, 9.17) is 18.9 Å². The number of nitro benzene ring substituents is 1. The number of carbonyl (C=O) groups is 2. The quantitative estimate of drug-likeness (QED) is 0.195. The number of dihydropyridines is 1. The molecule has 1 unspecified atom stereocenters. The summed E-state index contributed by atoms with van der Waals surface area (Å²) in [6, 6.07) is 5.59. The lowest BCUT2D eigenvalue weighted by atomic mass is 9.74. The molecule has 3 aliphatic heterocycles. The number of benzene rings is 1. The number of aliphatic hydroxyl groups is 2. The highest BCUT2D eigenvalue weighted by molar-refractivity contribution is 6.08. The average molecular weight is 504 g/mol. The highest BCUT2D eigenvalue weighted by atomic mass is 16.6. The lowest BCUT2D eigenvalue weighted by Crippen LogP contribution is -2.52. The van der Waals surface area contributed by atoms with Crippen molar-refractivity contribution in [3.8, 4) is 0 Å². The first-order chi connectivity index (χ1) is 17.1. The highest BCUT2D eigenvalue weighted by Crippen LogP contribution is 2.44. The molecule has 36 heavy (non-hydrogen) atoms. The smallest absolute Gasteiger partial charge is 0.336 e. The van der Waals surface area contributed by atoms with Crippen LogP contribution in [0.1, 0.15) is 25.3 Å². The van der Waals surface area contributed by atoms with Crippen molar-refractivity contribution in [1.82, 2.24) is 5.32 Å². The van der Waals surface area contributed by atoms with Gasteiger partial charge >= 0.3 is 5.97 Å². The van der Waals surface area contributed by atoms with Crippen molar-refractivity contribution in [3.63, 3.8) is 0 Å². The Hall–Kier alpha value is -3.16. The number of methoxy groups -OCH3 is 1. The molecule has 3 heterocycles. The molecule has 12 nitrogen and oxygen atoms in total. The van der Waals surface area contributed by atoms with Gasteiger partial charge in [0.15, 0.2) is 11.4 Å². The molecule has 2 fully saturated rings. The largest absolute Gasteiger partial charge is 0.460 e.